The topological polar surface area (TPSA) is 20.2 Å². The Bertz CT molecular complexity index is 432. The van der Waals surface area contributed by atoms with Gasteiger partial charge >= 0.3 is 0 Å². The molecule has 0 aromatic heterocycles. The summed E-state index contributed by atoms with van der Waals surface area (Å²) in [5, 5.41) is 12.3. The van der Waals surface area contributed by atoms with Crippen molar-refractivity contribution in [1.82, 2.24) is 0 Å². The van der Waals surface area contributed by atoms with Crippen molar-refractivity contribution >= 4 is 13.3 Å². The highest BCUT2D eigenvalue weighted by Gasteiger charge is 2.38. The zero-order chi connectivity index (χ0) is 14.6. The molecule has 0 unspecified atom stereocenters. The van der Waals surface area contributed by atoms with E-state index in [9.17, 15) is 5.11 Å². The summed E-state index contributed by atoms with van der Waals surface area (Å²) >= 11 is 0. The fourth-order valence-electron chi connectivity index (χ4n) is 3.54. The van der Waals surface area contributed by atoms with Gasteiger partial charge in [0.05, 0.1) is 13.7 Å². The quantitative estimate of drug-likeness (QED) is 0.634. The number of allylic oxidation sites excluding steroid dienone is 1. The first-order valence-electron chi connectivity index (χ1n) is 7.88. The fraction of sp³-hybridized carbons (Fsp3) is 0.556. The van der Waals surface area contributed by atoms with E-state index in [1.807, 2.05) is 0 Å². The van der Waals surface area contributed by atoms with E-state index in [0.717, 1.165) is 19.3 Å². The molecule has 2 rings (SSSR count). The first-order chi connectivity index (χ1) is 9.48. The van der Waals surface area contributed by atoms with E-state index in [-0.39, 0.29) is 0 Å². The van der Waals surface area contributed by atoms with Crippen molar-refractivity contribution in [3.8, 4) is 0 Å². The molecule has 110 valence electrons. The Hall–Kier alpha value is -0.863. The summed E-state index contributed by atoms with van der Waals surface area (Å²) < 4.78 is 0. The fourth-order valence-corrected chi connectivity index (χ4v) is 6.50. The molecule has 20 heavy (non-hydrogen) atoms. The Morgan fingerprint density at radius 3 is 2.35 bits per heavy atom. The van der Waals surface area contributed by atoms with Gasteiger partial charge in [-0.25, -0.2) is 0 Å². The van der Waals surface area contributed by atoms with Crippen molar-refractivity contribution < 1.29 is 5.11 Å². The van der Waals surface area contributed by atoms with Crippen molar-refractivity contribution in [1.29, 1.82) is 0 Å². The number of aliphatic hydroxyl groups is 1. The van der Waals surface area contributed by atoms with E-state index >= 15 is 0 Å². The summed E-state index contributed by atoms with van der Waals surface area (Å²) in [5.41, 5.74) is -0.0103. The average molecular weight is 289 g/mol. The van der Waals surface area contributed by atoms with Crippen LogP contribution in [0, 0.1) is 0 Å². The molecule has 0 bridgehead atoms. The summed E-state index contributed by atoms with van der Waals surface area (Å²) in [7, 11) is -1.62. The van der Waals surface area contributed by atoms with Gasteiger partial charge in [-0.3, -0.25) is 0 Å². The van der Waals surface area contributed by atoms with Crippen LogP contribution in [0.25, 0.3) is 0 Å². The first-order valence-corrected chi connectivity index (χ1v) is 11.0. The highest BCUT2D eigenvalue weighted by Crippen LogP contribution is 2.39. The molecule has 0 heterocycles. The number of hydrogen-bond donors (Lipinski definition) is 1. The van der Waals surface area contributed by atoms with Crippen LogP contribution < -0.4 is 5.19 Å². The summed E-state index contributed by atoms with van der Waals surface area (Å²) in [6, 6.07) is 10.8. The van der Waals surface area contributed by atoms with Crippen molar-refractivity contribution in [2.24, 2.45) is 0 Å². The molecule has 1 aromatic carbocycles. The second-order valence-electron chi connectivity index (χ2n) is 6.92. The molecule has 1 aliphatic rings. The molecule has 1 N–H and O–H groups in total. The monoisotopic (exact) mass is 288 g/mol. The van der Waals surface area contributed by atoms with Gasteiger partial charge in [0, 0.05) is 0 Å². The summed E-state index contributed by atoms with van der Waals surface area (Å²) in [6.07, 6.45) is 8.56. The maximum Gasteiger partial charge on any atom is 0.0874 e. The lowest BCUT2D eigenvalue weighted by Gasteiger charge is -2.39. The van der Waals surface area contributed by atoms with Crippen LogP contribution in [0.15, 0.2) is 43.0 Å². The van der Waals surface area contributed by atoms with Crippen LogP contribution in [-0.4, -0.2) is 18.8 Å². The van der Waals surface area contributed by atoms with Crippen LogP contribution in [0.3, 0.4) is 0 Å². The van der Waals surface area contributed by atoms with Gasteiger partial charge in [-0.1, -0.05) is 74.0 Å². The Morgan fingerprint density at radius 2 is 1.80 bits per heavy atom. The van der Waals surface area contributed by atoms with Gasteiger partial charge in [-0.2, -0.15) is 0 Å². The third-order valence-corrected chi connectivity index (χ3v) is 9.23. The number of rotatable bonds is 5. The smallest absolute Gasteiger partial charge is 0.0874 e. The normalized spacial score (nSPS) is 20.4. The van der Waals surface area contributed by atoms with E-state index in [1.54, 1.807) is 0 Å². The van der Waals surface area contributed by atoms with Gasteiger partial charge < -0.3 is 5.11 Å². The molecular weight excluding hydrogens is 260 g/mol. The minimum absolute atomic E-state index is 0.438. The summed E-state index contributed by atoms with van der Waals surface area (Å²) in [6.45, 7) is 8.88. The SMILES string of the molecule is C=C[C@H](CC1(O)CCCCC1)[Si](C)(C)c1ccccc1. The highest BCUT2D eigenvalue weighted by molar-refractivity contribution is 6.91. The maximum absolute atomic E-state index is 10.9. The van der Waals surface area contributed by atoms with E-state index in [1.165, 1.54) is 24.4 Å². The average Bonchev–Trinajstić information content (AvgIpc) is 2.46. The minimum atomic E-state index is -1.62. The second-order valence-corrected chi connectivity index (χ2v) is 11.7. The predicted molar refractivity (Wildman–Crippen MR) is 90.2 cm³/mol. The number of hydrogen-bond acceptors (Lipinski definition) is 1. The van der Waals surface area contributed by atoms with Gasteiger partial charge in [-0.05, 0) is 24.8 Å². The third kappa shape index (κ3) is 3.42. The minimum Gasteiger partial charge on any atom is -0.390 e. The summed E-state index contributed by atoms with van der Waals surface area (Å²) in [4.78, 5) is 0. The Balaban J connectivity index is 2.17. The van der Waals surface area contributed by atoms with Crippen molar-refractivity contribution in [3.05, 3.63) is 43.0 Å². The maximum atomic E-state index is 10.9. The van der Waals surface area contributed by atoms with Crippen LogP contribution in [0.2, 0.25) is 18.6 Å². The van der Waals surface area contributed by atoms with E-state index in [4.69, 9.17) is 0 Å². The van der Waals surface area contributed by atoms with Crippen molar-refractivity contribution in [3.63, 3.8) is 0 Å². The molecule has 0 radical (unpaired) electrons. The van der Waals surface area contributed by atoms with Crippen molar-refractivity contribution in [2.75, 3.05) is 0 Å². The lowest BCUT2D eigenvalue weighted by Crippen LogP contribution is -2.48. The molecule has 0 spiro atoms. The van der Waals surface area contributed by atoms with Gasteiger partial charge in [-0.15, -0.1) is 6.58 Å². The zero-order valence-corrected chi connectivity index (χ0v) is 13.9. The Kier molecular flexibility index (Phi) is 4.87. The van der Waals surface area contributed by atoms with Gasteiger partial charge in [0.25, 0.3) is 0 Å². The largest absolute Gasteiger partial charge is 0.390 e. The van der Waals surface area contributed by atoms with Crippen LogP contribution in [0.1, 0.15) is 38.5 Å². The van der Waals surface area contributed by atoms with Gasteiger partial charge in [0.15, 0.2) is 0 Å². The molecule has 1 saturated carbocycles. The molecule has 1 nitrogen and oxygen atoms in total. The predicted octanol–water partition coefficient (Wildman–Crippen LogP) is 4.24. The molecule has 1 aliphatic carbocycles. The lowest BCUT2D eigenvalue weighted by molar-refractivity contribution is -0.00309. The van der Waals surface area contributed by atoms with E-state index < -0.39 is 13.7 Å². The van der Waals surface area contributed by atoms with Crippen LogP contribution >= 0.6 is 0 Å². The summed E-state index contributed by atoms with van der Waals surface area (Å²) in [5.74, 6) is 0. The molecule has 0 saturated heterocycles. The molecule has 1 fully saturated rings. The van der Waals surface area contributed by atoms with Crippen molar-refractivity contribution in [2.45, 2.75) is 62.8 Å². The molecular formula is C18H28OSi. The lowest BCUT2D eigenvalue weighted by atomic mass is 9.81. The van der Waals surface area contributed by atoms with E-state index in [0.29, 0.717) is 5.54 Å². The van der Waals surface area contributed by atoms with Gasteiger partial charge in [0.1, 0.15) is 0 Å². The van der Waals surface area contributed by atoms with Crippen LogP contribution in [-0.2, 0) is 0 Å². The zero-order valence-electron chi connectivity index (χ0n) is 12.9. The molecule has 0 amide bonds. The number of benzene rings is 1. The Labute approximate surface area is 124 Å². The highest BCUT2D eigenvalue weighted by atomic mass is 28.3. The van der Waals surface area contributed by atoms with Crippen LogP contribution in [0.5, 0.6) is 0 Å². The van der Waals surface area contributed by atoms with Gasteiger partial charge in [0.2, 0.25) is 0 Å². The van der Waals surface area contributed by atoms with Crippen LogP contribution in [0.4, 0.5) is 0 Å². The molecule has 0 aliphatic heterocycles. The molecule has 1 aromatic rings. The molecule has 2 heteroatoms. The van der Waals surface area contributed by atoms with E-state index in [2.05, 4.69) is 56.1 Å². The standard InChI is InChI=1S/C18H28OSi/c1-4-16(15-18(19)13-9-6-10-14-18)20(2,3)17-11-7-5-8-12-17/h4-5,7-8,11-12,16,19H,1,6,9-10,13-15H2,2-3H3/t16-/m1/s1. The third-order valence-electron chi connectivity index (χ3n) is 5.11. The Morgan fingerprint density at radius 1 is 1.20 bits per heavy atom. The molecule has 1 atom stereocenters. The first kappa shape index (κ1) is 15.5. The second kappa shape index (κ2) is 6.27.